The quantitative estimate of drug-likeness (QED) is 0.233. The lowest BCUT2D eigenvalue weighted by atomic mass is 10.0. The molecule has 0 fully saturated rings. The predicted molar refractivity (Wildman–Crippen MR) is 164 cm³/mol. The van der Waals surface area contributed by atoms with E-state index >= 15 is 0 Å². The second-order valence-electron chi connectivity index (χ2n) is 9.94. The zero-order chi connectivity index (χ0) is 26.2. The maximum Gasteiger partial charge on any atom is 0.136 e. The molecule has 6 aromatic carbocycles. The Morgan fingerprint density at radius 3 is 1.56 bits per heavy atom. The molecule has 7 aromatic rings. The van der Waals surface area contributed by atoms with Crippen molar-refractivity contribution in [1.82, 2.24) is 0 Å². The molecule has 0 spiro atoms. The van der Waals surface area contributed by atoms with E-state index in [1.807, 2.05) is 12.1 Å². The van der Waals surface area contributed by atoms with Crippen molar-refractivity contribution in [2.45, 2.75) is 6.92 Å². The highest BCUT2D eigenvalue weighted by Gasteiger charge is 2.14. The van der Waals surface area contributed by atoms with Crippen LogP contribution < -0.4 is 4.90 Å². The summed E-state index contributed by atoms with van der Waals surface area (Å²) in [5, 5.41) is 2.30. The molecular formula is C37H27NO. The maximum absolute atomic E-state index is 6.14. The third-order valence-corrected chi connectivity index (χ3v) is 7.36. The summed E-state index contributed by atoms with van der Waals surface area (Å²) in [6.07, 6.45) is 0. The molecule has 0 radical (unpaired) electrons. The topological polar surface area (TPSA) is 16.4 Å². The van der Waals surface area contributed by atoms with Crippen LogP contribution in [0.5, 0.6) is 0 Å². The predicted octanol–water partition coefficient (Wildman–Crippen LogP) is 10.7. The summed E-state index contributed by atoms with van der Waals surface area (Å²) < 4.78 is 6.14. The normalized spacial score (nSPS) is 11.2. The van der Waals surface area contributed by atoms with Gasteiger partial charge in [0.15, 0.2) is 0 Å². The van der Waals surface area contributed by atoms with Crippen LogP contribution in [0.15, 0.2) is 150 Å². The van der Waals surface area contributed by atoms with Gasteiger partial charge in [0.1, 0.15) is 11.2 Å². The van der Waals surface area contributed by atoms with Gasteiger partial charge in [-0.05, 0) is 83.8 Å². The molecule has 1 aromatic heterocycles. The molecule has 0 aliphatic carbocycles. The third-order valence-electron chi connectivity index (χ3n) is 7.36. The summed E-state index contributed by atoms with van der Waals surface area (Å²) in [4.78, 5) is 2.31. The average molecular weight is 502 g/mol. The van der Waals surface area contributed by atoms with Gasteiger partial charge < -0.3 is 9.32 Å². The minimum atomic E-state index is 0.914. The summed E-state index contributed by atoms with van der Waals surface area (Å²) in [5.74, 6) is 0. The van der Waals surface area contributed by atoms with Crippen molar-refractivity contribution in [3.05, 3.63) is 151 Å². The molecule has 1 heterocycles. The molecule has 0 bridgehead atoms. The summed E-state index contributed by atoms with van der Waals surface area (Å²) in [6, 6.07) is 51.5. The Balaban J connectivity index is 1.25. The monoisotopic (exact) mass is 501 g/mol. The SMILES string of the molecule is Cc1ccc(N(c2ccc(-c3ccccc3)cc2)c2ccc(-c3ccc4c(c3)oc3ccccc34)cc2)cc1. The van der Waals surface area contributed by atoms with E-state index in [0.717, 1.165) is 50.1 Å². The Morgan fingerprint density at radius 2 is 0.897 bits per heavy atom. The van der Waals surface area contributed by atoms with Crippen molar-refractivity contribution >= 4 is 39.0 Å². The van der Waals surface area contributed by atoms with Crippen molar-refractivity contribution < 1.29 is 4.42 Å². The lowest BCUT2D eigenvalue weighted by Crippen LogP contribution is -2.09. The smallest absolute Gasteiger partial charge is 0.136 e. The number of fused-ring (bicyclic) bond motifs is 3. The maximum atomic E-state index is 6.14. The minimum absolute atomic E-state index is 0.914. The van der Waals surface area contributed by atoms with Crippen molar-refractivity contribution in [2.24, 2.45) is 0 Å². The van der Waals surface area contributed by atoms with Crippen LogP contribution in [0.4, 0.5) is 17.1 Å². The van der Waals surface area contributed by atoms with Crippen LogP contribution in [0.25, 0.3) is 44.2 Å². The second-order valence-corrected chi connectivity index (χ2v) is 9.94. The number of benzene rings is 6. The zero-order valence-corrected chi connectivity index (χ0v) is 21.7. The third kappa shape index (κ3) is 4.36. The zero-order valence-electron chi connectivity index (χ0n) is 21.7. The number of hydrogen-bond acceptors (Lipinski definition) is 2. The molecular weight excluding hydrogens is 474 g/mol. The first-order chi connectivity index (χ1) is 19.2. The highest BCUT2D eigenvalue weighted by molar-refractivity contribution is 6.05. The number of hydrogen-bond donors (Lipinski definition) is 0. The largest absolute Gasteiger partial charge is 0.456 e. The first-order valence-electron chi connectivity index (χ1n) is 13.3. The Bertz CT molecular complexity index is 1880. The van der Waals surface area contributed by atoms with Gasteiger partial charge in [-0.2, -0.15) is 0 Å². The van der Waals surface area contributed by atoms with Crippen molar-refractivity contribution in [3.8, 4) is 22.3 Å². The standard InChI is InChI=1S/C37H27NO/c1-26-11-18-31(19-12-26)38(32-20-13-28(14-21-32)27-7-3-2-4-8-27)33-22-15-29(16-23-33)30-17-24-35-34-9-5-6-10-36(34)39-37(35)25-30/h2-25H,1H3. The van der Waals surface area contributed by atoms with Crippen molar-refractivity contribution in [2.75, 3.05) is 4.90 Å². The highest BCUT2D eigenvalue weighted by Crippen LogP contribution is 2.37. The fourth-order valence-electron chi connectivity index (χ4n) is 5.28. The molecule has 0 aliphatic heterocycles. The summed E-state index contributed by atoms with van der Waals surface area (Å²) in [7, 11) is 0. The van der Waals surface area contributed by atoms with Crippen LogP contribution in [-0.2, 0) is 0 Å². The van der Waals surface area contributed by atoms with Crippen LogP contribution in [0, 0.1) is 6.92 Å². The fraction of sp³-hybridized carbons (Fsp3) is 0.0270. The van der Waals surface area contributed by atoms with Gasteiger partial charge in [-0.3, -0.25) is 0 Å². The van der Waals surface area contributed by atoms with E-state index in [-0.39, 0.29) is 0 Å². The average Bonchev–Trinajstić information content (AvgIpc) is 3.37. The van der Waals surface area contributed by atoms with Gasteiger partial charge in [0.2, 0.25) is 0 Å². The van der Waals surface area contributed by atoms with Crippen LogP contribution in [0.3, 0.4) is 0 Å². The fourth-order valence-corrected chi connectivity index (χ4v) is 5.28. The highest BCUT2D eigenvalue weighted by atomic mass is 16.3. The van der Waals surface area contributed by atoms with Crippen LogP contribution in [0.1, 0.15) is 5.56 Å². The van der Waals surface area contributed by atoms with Crippen molar-refractivity contribution in [1.29, 1.82) is 0 Å². The number of rotatable bonds is 5. The molecule has 2 heteroatoms. The van der Waals surface area contributed by atoms with E-state index in [1.165, 1.54) is 16.7 Å². The van der Waals surface area contributed by atoms with Crippen LogP contribution in [-0.4, -0.2) is 0 Å². The summed E-state index contributed by atoms with van der Waals surface area (Å²) in [6.45, 7) is 2.12. The van der Waals surface area contributed by atoms with E-state index in [4.69, 9.17) is 4.42 Å². The van der Waals surface area contributed by atoms with E-state index in [1.54, 1.807) is 0 Å². The Hall–Kier alpha value is -5.08. The van der Waals surface area contributed by atoms with Gasteiger partial charge in [-0.15, -0.1) is 0 Å². The van der Waals surface area contributed by atoms with Gasteiger partial charge in [-0.25, -0.2) is 0 Å². The molecule has 2 nitrogen and oxygen atoms in total. The van der Waals surface area contributed by atoms with E-state index in [9.17, 15) is 0 Å². The van der Waals surface area contributed by atoms with Crippen molar-refractivity contribution in [3.63, 3.8) is 0 Å². The molecule has 7 rings (SSSR count). The number of aryl methyl sites for hydroxylation is 1. The number of anilines is 3. The van der Waals surface area contributed by atoms with Crippen LogP contribution >= 0.6 is 0 Å². The lowest BCUT2D eigenvalue weighted by Gasteiger charge is -2.26. The van der Waals surface area contributed by atoms with Crippen LogP contribution in [0.2, 0.25) is 0 Å². The van der Waals surface area contributed by atoms with Gasteiger partial charge in [0.05, 0.1) is 0 Å². The molecule has 0 aliphatic rings. The molecule has 186 valence electrons. The van der Waals surface area contributed by atoms with Gasteiger partial charge in [0.25, 0.3) is 0 Å². The lowest BCUT2D eigenvalue weighted by molar-refractivity contribution is 0.669. The first kappa shape index (κ1) is 23.1. The number of furan rings is 1. The Kier molecular flexibility index (Phi) is 5.71. The molecule has 0 saturated carbocycles. The van der Waals surface area contributed by atoms with Gasteiger partial charge in [-0.1, -0.05) is 96.6 Å². The van der Waals surface area contributed by atoms with E-state index in [2.05, 4.69) is 145 Å². The number of nitrogens with zero attached hydrogens (tertiary/aromatic N) is 1. The number of para-hydroxylation sites is 1. The molecule has 0 saturated heterocycles. The Labute approximate surface area is 228 Å². The summed E-state index contributed by atoms with van der Waals surface area (Å²) in [5.41, 5.74) is 11.2. The molecule has 39 heavy (non-hydrogen) atoms. The molecule has 0 N–H and O–H groups in total. The second kappa shape index (κ2) is 9.66. The van der Waals surface area contributed by atoms with Gasteiger partial charge in [0, 0.05) is 27.8 Å². The molecule has 0 atom stereocenters. The van der Waals surface area contributed by atoms with E-state index < -0.39 is 0 Å². The Morgan fingerprint density at radius 1 is 0.410 bits per heavy atom. The molecule has 0 amide bonds. The van der Waals surface area contributed by atoms with E-state index in [0.29, 0.717) is 0 Å². The minimum Gasteiger partial charge on any atom is -0.456 e. The first-order valence-corrected chi connectivity index (χ1v) is 13.3. The molecule has 0 unspecified atom stereocenters. The summed E-state index contributed by atoms with van der Waals surface area (Å²) >= 11 is 0. The van der Waals surface area contributed by atoms with Gasteiger partial charge >= 0.3 is 0 Å².